The van der Waals surface area contributed by atoms with Gasteiger partial charge in [-0.3, -0.25) is 4.79 Å². The molecule has 1 saturated heterocycles. The van der Waals surface area contributed by atoms with E-state index in [4.69, 9.17) is 9.47 Å². The predicted molar refractivity (Wildman–Crippen MR) is 76.5 cm³/mol. The van der Waals surface area contributed by atoms with E-state index in [1.54, 1.807) is 25.3 Å². The first-order valence-electron chi connectivity index (χ1n) is 6.34. The van der Waals surface area contributed by atoms with E-state index in [1.807, 2.05) is 6.92 Å². The number of nitrogens with one attached hydrogen (secondary N) is 1. The van der Waals surface area contributed by atoms with E-state index in [0.29, 0.717) is 17.2 Å². The molecule has 5 heteroatoms. The zero-order valence-corrected chi connectivity index (χ0v) is 12.7. The molecule has 0 spiro atoms. The second-order valence-electron chi connectivity index (χ2n) is 4.74. The van der Waals surface area contributed by atoms with Crippen molar-refractivity contribution >= 4 is 21.8 Å². The fourth-order valence-electron chi connectivity index (χ4n) is 2.16. The number of halogens is 1. The van der Waals surface area contributed by atoms with E-state index in [0.717, 1.165) is 24.1 Å². The predicted octanol–water partition coefficient (Wildman–Crippen LogP) is 2.61. The average molecular weight is 328 g/mol. The summed E-state index contributed by atoms with van der Waals surface area (Å²) in [5.74, 6) is 1.06. The minimum Gasteiger partial charge on any atom is -0.496 e. The van der Waals surface area contributed by atoms with Gasteiger partial charge in [-0.15, -0.1) is 0 Å². The van der Waals surface area contributed by atoms with Crippen molar-refractivity contribution in [1.82, 2.24) is 5.32 Å². The van der Waals surface area contributed by atoms with Crippen LogP contribution in [0.25, 0.3) is 0 Å². The van der Waals surface area contributed by atoms with Gasteiger partial charge in [0.2, 0.25) is 0 Å². The van der Waals surface area contributed by atoms with Crippen LogP contribution in [-0.4, -0.2) is 32.3 Å². The second kappa shape index (κ2) is 6.39. The third-order valence-electron chi connectivity index (χ3n) is 3.44. The SMILES string of the molecule is COc1ccc(C(=O)NC(C)C2CCOC2)cc1Br. The van der Waals surface area contributed by atoms with Crippen LogP contribution in [0.15, 0.2) is 22.7 Å². The first-order chi connectivity index (χ1) is 9.11. The standard InChI is InChI=1S/C14H18BrNO3/c1-9(11-5-6-19-8-11)16-14(17)10-3-4-13(18-2)12(15)7-10/h3-4,7,9,11H,5-6,8H2,1-2H3,(H,16,17). The molecule has 0 aromatic heterocycles. The second-order valence-corrected chi connectivity index (χ2v) is 5.59. The molecule has 1 aliphatic rings. The smallest absolute Gasteiger partial charge is 0.251 e. The maximum absolute atomic E-state index is 12.2. The summed E-state index contributed by atoms with van der Waals surface area (Å²) in [6.45, 7) is 3.54. The summed E-state index contributed by atoms with van der Waals surface area (Å²) in [4.78, 5) is 12.2. The molecule has 1 N–H and O–H groups in total. The topological polar surface area (TPSA) is 47.6 Å². The van der Waals surface area contributed by atoms with E-state index in [-0.39, 0.29) is 11.9 Å². The molecule has 1 heterocycles. The Bertz CT molecular complexity index is 458. The highest BCUT2D eigenvalue weighted by molar-refractivity contribution is 9.10. The maximum Gasteiger partial charge on any atom is 0.251 e. The lowest BCUT2D eigenvalue weighted by atomic mass is 10.0. The molecule has 0 bridgehead atoms. The number of amides is 1. The molecule has 2 unspecified atom stereocenters. The summed E-state index contributed by atoms with van der Waals surface area (Å²) in [5, 5.41) is 3.02. The largest absolute Gasteiger partial charge is 0.496 e. The van der Waals surface area contributed by atoms with Crippen molar-refractivity contribution in [2.24, 2.45) is 5.92 Å². The van der Waals surface area contributed by atoms with E-state index in [9.17, 15) is 4.79 Å². The molecule has 0 saturated carbocycles. The van der Waals surface area contributed by atoms with Gasteiger partial charge in [0.25, 0.3) is 5.91 Å². The lowest BCUT2D eigenvalue weighted by Gasteiger charge is -2.19. The number of methoxy groups -OCH3 is 1. The third-order valence-corrected chi connectivity index (χ3v) is 4.06. The first kappa shape index (κ1) is 14.3. The minimum atomic E-state index is -0.0669. The molecular weight excluding hydrogens is 310 g/mol. The molecule has 0 radical (unpaired) electrons. The van der Waals surface area contributed by atoms with Crippen molar-refractivity contribution in [3.05, 3.63) is 28.2 Å². The number of carbonyl (C=O) groups excluding carboxylic acids is 1. The fraction of sp³-hybridized carbons (Fsp3) is 0.500. The Balaban J connectivity index is 2.01. The van der Waals surface area contributed by atoms with Gasteiger partial charge >= 0.3 is 0 Å². The van der Waals surface area contributed by atoms with Gasteiger partial charge in [0.05, 0.1) is 18.2 Å². The highest BCUT2D eigenvalue weighted by Crippen LogP contribution is 2.25. The van der Waals surface area contributed by atoms with Crippen LogP contribution in [0, 0.1) is 5.92 Å². The zero-order valence-electron chi connectivity index (χ0n) is 11.1. The van der Waals surface area contributed by atoms with Crippen LogP contribution in [0.5, 0.6) is 5.75 Å². The number of benzene rings is 1. The molecule has 1 fully saturated rings. The van der Waals surface area contributed by atoms with E-state index in [1.165, 1.54) is 0 Å². The molecule has 2 rings (SSSR count). The molecule has 1 amide bonds. The quantitative estimate of drug-likeness (QED) is 0.924. The highest BCUT2D eigenvalue weighted by Gasteiger charge is 2.24. The monoisotopic (exact) mass is 327 g/mol. The van der Waals surface area contributed by atoms with Crippen molar-refractivity contribution in [2.45, 2.75) is 19.4 Å². The fourth-order valence-corrected chi connectivity index (χ4v) is 2.70. The number of rotatable bonds is 4. The highest BCUT2D eigenvalue weighted by atomic mass is 79.9. The number of ether oxygens (including phenoxy) is 2. The lowest BCUT2D eigenvalue weighted by Crippen LogP contribution is -2.38. The normalized spacial score (nSPS) is 20.1. The molecule has 104 valence electrons. The molecular formula is C14H18BrNO3. The van der Waals surface area contributed by atoms with Gasteiger partial charge in [-0.25, -0.2) is 0 Å². The van der Waals surface area contributed by atoms with Gasteiger partial charge in [0.15, 0.2) is 0 Å². The molecule has 19 heavy (non-hydrogen) atoms. The molecule has 0 aliphatic carbocycles. The Hall–Kier alpha value is -1.07. The van der Waals surface area contributed by atoms with Crippen LogP contribution in [0.1, 0.15) is 23.7 Å². The maximum atomic E-state index is 12.2. The molecule has 4 nitrogen and oxygen atoms in total. The zero-order chi connectivity index (χ0) is 13.8. The summed E-state index contributed by atoms with van der Waals surface area (Å²) in [7, 11) is 1.60. The third kappa shape index (κ3) is 3.48. The van der Waals surface area contributed by atoms with Crippen LogP contribution < -0.4 is 10.1 Å². The van der Waals surface area contributed by atoms with Gasteiger partial charge in [-0.2, -0.15) is 0 Å². The van der Waals surface area contributed by atoms with Gasteiger partial charge in [0.1, 0.15) is 5.75 Å². The molecule has 1 aromatic rings. The van der Waals surface area contributed by atoms with Gasteiger partial charge < -0.3 is 14.8 Å². The van der Waals surface area contributed by atoms with Crippen molar-refractivity contribution in [3.63, 3.8) is 0 Å². The summed E-state index contributed by atoms with van der Waals surface area (Å²) >= 11 is 3.38. The summed E-state index contributed by atoms with van der Waals surface area (Å²) < 4.78 is 11.3. The van der Waals surface area contributed by atoms with Crippen LogP contribution >= 0.6 is 15.9 Å². The van der Waals surface area contributed by atoms with E-state index < -0.39 is 0 Å². The van der Waals surface area contributed by atoms with Crippen LogP contribution in [0.4, 0.5) is 0 Å². The molecule has 1 aliphatic heterocycles. The van der Waals surface area contributed by atoms with Gasteiger partial charge in [-0.05, 0) is 47.5 Å². The number of hydrogen-bond donors (Lipinski definition) is 1. The first-order valence-corrected chi connectivity index (χ1v) is 7.13. The summed E-state index contributed by atoms with van der Waals surface area (Å²) in [6.07, 6.45) is 1.01. The number of carbonyl (C=O) groups is 1. The minimum absolute atomic E-state index is 0.0669. The van der Waals surface area contributed by atoms with Crippen LogP contribution in [0.3, 0.4) is 0 Å². The van der Waals surface area contributed by atoms with Crippen LogP contribution in [0.2, 0.25) is 0 Å². The lowest BCUT2D eigenvalue weighted by molar-refractivity contribution is 0.0922. The van der Waals surface area contributed by atoms with Crippen molar-refractivity contribution in [2.75, 3.05) is 20.3 Å². The average Bonchev–Trinajstić information content (AvgIpc) is 2.92. The van der Waals surface area contributed by atoms with E-state index >= 15 is 0 Å². The molecule has 1 aromatic carbocycles. The summed E-state index contributed by atoms with van der Waals surface area (Å²) in [6, 6.07) is 5.43. The Kier molecular flexibility index (Phi) is 4.82. The Morgan fingerprint density at radius 3 is 2.95 bits per heavy atom. The van der Waals surface area contributed by atoms with Gasteiger partial charge in [0, 0.05) is 24.1 Å². The Morgan fingerprint density at radius 1 is 1.58 bits per heavy atom. The van der Waals surface area contributed by atoms with Gasteiger partial charge in [-0.1, -0.05) is 0 Å². The summed E-state index contributed by atoms with van der Waals surface area (Å²) in [5.41, 5.74) is 0.624. The number of hydrogen-bond acceptors (Lipinski definition) is 3. The van der Waals surface area contributed by atoms with Crippen molar-refractivity contribution in [1.29, 1.82) is 0 Å². The Morgan fingerprint density at radius 2 is 2.37 bits per heavy atom. The van der Waals surface area contributed by atoms with Crippen molar-refractivity contribution < 1.29 is 14.3 Å². The van der Waals surface area contributed by atoms with Crippen molar-refractivity contribution in [3.8, 4) is 5.75 Å². The van der Waals surface area contributed by atoms with E-state index in [2.05, 4.69) is 21.2 Å². The Labute approximate surface area is 121 Å². The van der Waals surface area contributed by atoms with Crippen LogP contribution in [-0.2, 0) is 4.74 Å². The molecule has 2 atom stereocenters.